The molecule has 0 spiro atoms. The Morgan fingerprint density at radius 2 is 1.89 bits per heavy atom. The van der Waals surface area contributed by atoms with Gasteiger partial charge >= 0.3 is 0 Å². The van der Waals surface area contributed by atoms with Crippen molar-refractivity contribution in [2.45, 2.75) is 6.92 Å². The number of pyridine rings is 1. The Morgan fingerprint density at radius 1 is 1.21 bits per heavy atom. The number of nitrogen functional groups attached to an aromatic ring is 1. The molecule has 0 bridgehead atoms. The van der Waals surface area contributed by atoms with Crippen molar-refractivity contribution in [2.75, 3.05) is 24.3 Å². The molecule has 2 rings (SSSR count). The highest BCUT2D eigenvalue weighted by molar-refractivity contribution is 5.71. The molecule has 0 atom stereocenters. The Hall–Kier alpha value is -2.30. The molecule has 1 aromatic carbocycles. The number of hydrogen-bond acceptors (Lipinski definition) is 4. The number of hydrogen-bond donors (Lipinski definition) is 1. The van der Waals surface area contributed by atoms with Gasteiger partial charge in [0, 0.05) is 18.3 Å². The number of rotatable bonds is 4. The van der Waals surface area contributed by atoms with Gasteiger partial charge in [0.1, 0.15) is 5.82 Å². The van der Waals surface area contributed by atoms with Crippen LogP contribution in [0.25, 0.3) is 0 Å². The van der Waals surface area contributed by atoms with E-state index in [-0.39, 0.29) is 5.82 Å². The van der Waals surface area contributed by atoms with Crippen LogP contribution in [-0.4, -0.2) is 18.6 Å². The average molecular weight is 261 g/mol. The van der Waals surface area contributed by atoms with Crippen molar-refractivity contribution in [1.29, 1.82) is 0 Å². The van der Waals surface area contributed by atoms with E-state index in [2.05, 4.69) is 4.98 Å². The Morgan fingerprint density at radius 3 is 2.47 bits per heavy atom. The molecule has 4 nitrogen and oxygen atoms in total. The average Bonchev–Trinajstić information content (AvgIpc) is 2.43. The molecule has 0 saturated carbocycles. The third kappa shape index (κ3) is 2.76. The van der Waals surface area contributed by atoms with Gasteiger partial charge < -0.3 is 15.4 Å². The van der Waals surface area contributed by atoms with Crippen LogP contribution in [-0.2, 0) is 0 Å². The summed E-state index contributed by atoms with van der Waals surface area (Å²) in [6.07, 6.45) is 0. The Labute approximate surface area is 111 Å². The van der Waals surface area contributed by atoms with Crippen molar-refractivity contribution < 1.29 is 9.13 Å². The van der Waals surface area contributed by atoms with Crippen molar-refractivity contribution >= 4 is 17.2 Å². The first-order valence-electron chi connectivity index (χ1n) is 5.99. The van der Waals surface area contributed by atoms with E-state index in [9.17, 15) is 4.39 Å². The van der Waals surface area contributed by atoms with E-state index >= 15 is 0 Å². The van der Waals surface area contributed by atoms with E-state index in [0.29, 0.717) is 23.9 Å². The highest BCUT2D eigenvalue weighted by atomic mass is 19.1. The molecule has 0 amide bonds. The minimum atomic E-state index is -0.272. The molecule has 19 heavy (non-hydrogen) atoms. The molecule has 0 aliphatic rings. The van der Waals surface area contributed by atoms with E-state index < -0.39 is 0 Å². The van der Waals surface area contributed by atoms with Crippen LogP contribution < -0.4 is 15.4 Å². The van der Waals surface area contributed by atoms with Crippen molar-refractivity contribution in [3.05, 3.63) is 42.2 Å². The fraction of sp³-hybridized carbons (Fsp3) is 0.214. The van der Waals surface area contributed by atoms with Crippen molar-refractivity contribution in [3.63, 3.8) is 0 Å². The summed E-state index contributed by atoms with van der Waals surface area (Å²) < 4.78 is 18.1. The first kappa shape index (κ1) is 13.1. The van der Waals surface area contributed by atoms with Gasteiger partial charge in [-0.1, -0.05) is 0 Å². The van der Waals surface area contributed by atoms with Crippen LogP contribution in [0.3, 0.4) is 0 Å². The molecule has 2 N–H and O–H groups in total. The highest BCUT2D eigenvalue weighted by Gasteiger charge is 2.13. The fourth-order valence-corrected chi connectivity index (χ4v) is 1.85. The van der Waals surface area contributed by atoms with Crippen LogP contribution in [0.15, 0.2) is 36.4 Å². The quantitative estimate of drug-likeness (QED) is 0.919. The molecule has 0 fully saturated rings. The maximum atomic E-state index is 13.0. The number of aromatic nitrogens is 1. The zero-order chi connectivity index (χ0) is 13.8. The van der Waals surface area contributed by atoms with E-state index in [4.69, 9.17) is 10.5 Å². The monoisotopic (exact) mass is 261 g/mol. The molecule has 0 saturated heterocycles. The number of halogens is 1. The minimum Gasteiger partial charge on any atom is -0.481 e. The number of methoxy groups -OCH3 is 1. The zero-order valence-corrected chi connectivity index (χ0v) is 10.9. The Balaban J connectivity index is 2.44. The second kappa shape index (κ2) is 5.56. The highest BCUT2D eigenvalue weighted by Crippen LogP contribution is 2.30. The maximum absolute atomic E-state index is 13.0. The molecule has 1 aromatic heterocycles. The van der Waals surface area contributed by atoms with Gasteiger partial charge in [0.2, 0.25) is 5.88 Å². The summed E-state index contributed by atoms with van der Waals surface area (Å²) in [5, 5.41) is 0. The Kier molecular flexibility index (Phi) is 3.85. The first-order chi connectivity index (χ1) is 9.15. The molecule has 2 aromatic rings. The normalized spacial score (nSPS) is 10.3. The van der Waals surface area contributed by atoms with Crippen LogP contribution in [0.5, 0.6) is 5.88 Å². The van der Waals surface area contributed by atoms with Gasteiger partial charge in [0.05, 0.1) is 12.8 Å². The lowest BCUT2D eigenvalue weighted by atomic mass is 10.2. The van der Waals surface area contributed by atoms with Gasteiger partial charge in [-0.25, -0.2) is 4.39 Å². The van der Waals surface area contributed by atoms with Crippen LogP contribution in [0.1, 0.15) is 6.92 Å². The van der Waals surface area contributed by atoms with E-state index in [1.165, 1.54) is 12.1 Å². The molecule has 0 unspecified atom stereocenters. The summed E-state index contributed by atoms with van der Waals surface area (Å²) in [6.45, 7) is 2.64. The van der Waals surface area contributed by atoms with Gasteiger partial charge in [-0.3, -0.25) is 0 Å². The smallest absolute Gasteiger partial charge is 0.215 e. The third-order valence-corrected chi connectivity index (χ3v) is 2.80. The summed E-state index contributed by atoms with van der Waals surface area (Å²) in [6, 6.07) is 9.66. The molecule has 0 aliphatic heterocycles. The summed E-state index contributed by atoms with van der Waals surface area (Å²) in [4.78, 5) is 6.25. The topological polar surface area (TPSA) is 51.4 Å². The van der Waals surface area contributed by atoms with E-state index in [0.717, 1.165) is 5.69 Å². The standard InChI is InChI=1S/C14H16FN3O/c1-3-18(11-6-4-10(15)5-7-11)14-12(16)8-9-13(17-14)19-2/h4-9H,3,16H2,1-2H3. The predicted molar refractivity (Wildman–Crippen MR) is 74.3 cm³/mol. The van der Waals surface area contributed by atoms with Gasteiger partial charge in [0.25, 0.3) is 0 Å². The largest absolute Gasteiger partial charge is 0.481 e. The van der Waals surface area contributed by atoms with Crippen LogP contribution in [0, 0.1) is 5.82 Å². The molecule has 1 heterocycles. The number of benzene rings is 1. The van der Waals surface area contributed by atoms with Crippen molar-refractivity contribution in [2.24, 2.45) is 0 Å². The number of nitrogens with zero attached hydrogens (tertiary/aromatic N) is 2. The summed E-state index contributed by atoms with van der Waals surface area (Å²) in [7, 11) is 1.55. The first-order valence-corrected chi connectivity index (χ1v) is 5.99. The summed E-state index contributed by atoms with van der Waals surface area (Å²) in [5.74, 6) is 0.824. The minimum absolute atomic E-state index is 0.272. The fourth-order valence-electron chi connectivity index (χ4n) is 1.85. The number of nitrogens with two attached hydrogens (primary N) is 1. The zero-order valence-electron chi connectivity index (χ0n) is 10.9. The Bertz CT molecular complexity index is 557. The third-order valence-electron chi connectivity index (χ3n) is 2.80. The van der Waals surface area contributed by atoms with Gasteiger partial charge in [-0.2, -0.15) is 4.98 Å². The molecular formula is C14H16FN3O. The lowest BCUT2D eigenvalue weighted by molar-refractivity contribution is 0.398. The van der Waals surface area contributed by atoms with Crippen LogP contribution in [0.2, 0.25) is 0 Å². The number of ether oxygens (including phenoxy) is 1. The molecule has 5 heteroatoms. The van der Waals surface area contributed by atoms with E-state index in [1.807, 2.05) is 11.8 Å². The summed E-state index contributed by atoms with van der Waals surface area (Å²) >= 11 is 0. The van der Waals surface area contributed by atoms with E-state index in [1.54, 1.807) is 31.4 Å². The second-order valence-corrected chi connectivity index (χ2v) is 3.99. The maximum Gasteiger partial charge on any atom is 0.215 e. The van der Waals surface area contributed by atoms with Crippen LogP contribution in [0.4, 0.5) is 21.6 Å². The van der Waals surface area contributed by atoms with Crippen molar-refractivity contribution in [3.8, 4) is 5.88 Å². The molecule has 0 aliphatic carbocycles. The summed E-state index contributed by atoms with van der Waals surface area (Å²) in [5.41, 5.74) is 7.33. The molecule has 0 radical (unpaired) electrons. The van der Waals surface area contributed by atoms with Gasteiger partial charge in [0.15, 0.2) is 5.82 Å². The van der Waals surface area contributed by atoms with Crippen molar-refractivity contribution in [1.82, 2.24) is 4.98 Å². The molecular weight excluding hydrogens is 245 g/mol. The lowest BCUT2D eigenvalue weighted by Crippen LogP contribution is -2.19. The lowest BCUT2D eigenvalue weighted by Gasteiger charge is -2.23. The van der Waals surface area contributed by atoms with Gasteiger partial charge in [-0.05, 0) is 37.3 Å². The number of anilines is 3. The second-order valence-electron chi connectivity index (χ2n) is 3.99. The SMILES string of the molecule is CCN(c1ccc(F)cc1)c1nc(OC)ccc1N. The van der Waals surface area contributed by atoms with Gasteiger partial charge in [-0.15, -0.1) is 0 Å². The molecule has 100 valence electrons. The predicted octanol–water partition coefficient (Wildman–Crippen LogP) is 2.97. The van der Waals surface area contributed by atoms with Crippen LogP contribution >= 0.6 is 0 Å².